The fourth-order valence-corrected chi connectivity index (χ4v) is 0.925. The number of hydrogen-bond donors (Lipinski definition) is 2. The molecular weight excluding hydrogens is 197 g/mol. The molecule has 0 fully saturated rings. The van der Waals surface area contributed by atoms with Gasteiger partial charge in [-0.1, -0.05) is 0 Å². The van der Waals surface area contributed by atoms with E-state index in [1.165, 1.54) is 0 Å². The summed E-state index contributed by atoms with van der Waals surface area (Å²) >= 11 is 10.9. The van der Waals surface area contributed by atoms with Crippen molar-refractivity contribution in [3.63, 3.8) is 0 Å². The molecule has 0 saturated heterocycles. The van der Waals surface area contributed by atoms with E-state index in [-0.39, 0.29) is 0 Å². The number of nitriles is 1. The number of alkyl halides is 2. The summed E-state index contributed by atoms with van der Waals surface area (Å²) in [4.78, 5) is 0. The summed E-state index contributed by atoms with van der Waals surface area (Å²) < 4.78 is 0. The van der Waals surface area contributed by atoms with Crippen LogP contribution in [0.5, 0.6) is 0 Å². The molecule has 70 valence electrons. The van der Waals surface area contributed by atoms with E-state index in [4.69, 9.17) is 28.5 Å². The molecule has 0 aliphatic heterocycles. The van der Waals surface area contributed by atoms with Gasteiger partial charge in [-0.3, -0.25) is 10.6 Å². The predicted octanol–water partition coefficient (Wildman–Crippen LogP) is 0.883. The molecule has 5 heteroatoms. The predicted molar refractivity (Wildman–Crippen MR) is 51.5 cm³/mol. The van der Waals surface area contributed by atoms with E-state index in [9.17, 15) is 0 Å². The van der Waals surface area contributed by atoms with Gasteiger partial charge in [-0.25, -0.2) is 0 Å². The lowest BCUT2D eigenvalue weighted by molar-refractivity contribution is 0.381. The Bertz CT molecular complexity index is 147. The van der Waals surface area contributed by atoms with Gasteiger partial charge in [0.15, 0.2) is 5.66 Å². The summed E-state index contributed by atoms with van der Waals surface area (Å²) in [7, 11) is 0. The smallest absolute Gasteiger partial charge is 0.156 e. The van der Waals surface area contributed by atoms with Crippen molar-refractivity contribution in [3.05, 3.63) is 0 Å². The van der Waals surface area contributed by atoms with E-state index < -0.39 is 5.66 Å². The van der Waals surface area contributed by atoms with E-state index >= 15 is 0 Å². The second-order valence-corrected chi connectivity index (χ2v) is 3.22. The Labute approximate surface area is 83.0 Å². The summed E-state index contributed by atoms with van der Waals surface area (Å²) in [5.41, 5.74) is -0.718. The van der Waals surface area contributed by atoms with Crippen LogP contribution in [0.3, 0.4) is 0 Å². The van der Waals surface area contributed by atoms with Crippen molar-refractivity contribution in [2.45, 2.75) is 12.6 Å². The lowest BCUT2D eigenvalue weighted by atomic mass is 10.2. The molecule has 0 saturated carbocycles. The molecule has 12 heavy (non-hydrogen) atoms. The summed E-state index contributed by atoms with van der Waals surface area (Å²) in [5.74, 6) is 0.972. The van der Waals surface area contributed by atoms with E-state index in [0.717, 1.165) is 0 Å². The quantitative estimate of drug-likeness (QED) is 0.505. The lowest BCUT2D eigenvalue weighted by Crippen LogP contribution is -2.54. The molecule has 2 N–H and O–H groups in total. The monoisotopic (exact) mass is 209 g/mol. The Morgan fingerprint density at radius 2 is 1.67 bits per heavy atom. The Kier molecular flexibility index (Phi) is 6.49. The first-order chi connectivity index (χ1) is 5.68. The zero-order valence-corrected chi connectivity index (χ0v) is 8.54. The van der Waals surface area contributed by atoms with Gasteiger partial charge in [0, 0.05) is 24.8 Å². The fraction of sp³-hybridized carbons (Fsp3) is 0.857. The lowest BCUT2D eigenvalue weighted by Gasteiger charge is -2.23. The Hall–Kier alpha value is -0.0100. The Morgan fingerprint density at radius 3 is 1.92 bits per heavy atom. The largest absolute Gasteiger partial charge is 0.286 e. The van der Waals surface area contributed by atoms with Crippen LogP contribution in [0.2, 0.25) is 0 Å². The minimum Gasteiger partial charge on any atom is -0.286 e. The van der Waals surface area contributed by atoms with Crippen molar-refractivity contribution in [1.82, 2.24) is 10.6 Å². The normalized spacial score (nSPS) is 11.2. The van der Waals surface area contributed by atoms with E-state index in [1.54, 1.807) is 6.92 Å². The Balaban J connectivity index is 3.81. The average molecular weight is 210 g/mol. The van der Waals surface area contributed by atoms with Crippen LogP contribution in [0.25, 0.3) is 0 Å². The van der Waals surface area contributed by atoms with Gasteiger partial charge in [-0.15, -0.1) is 23.2 Å². The van der Waals surface area contributed by atoms with Crippen molar-refractivity contribution in [3.8, 4) is 6.07 Å². The molecule has 3 nitrogen and oxygen atoms in total. The second kappa shape index (κ2) is 6.50. The number of hydrogen-bond acceptors (Lipinski definition) is 3. The molecule has 0 heterocycles. The minimum absolute atomic E-state index is 0.486. The maximum absolute atomic E-state index is 8.78. The molecule has 0 aromatic heterocycles. The molecule has 0 rings (SSSR count). The van der Waals surface area contributed by atoms with Crippen LogP contribution in [-0.2, 0) is 0 Å². The highest BCUT2D eigenvalue weighted by atomic mass is 35.5. The fourth-order valence-electron chi connectivity index (χ4n) is 0.736. The third-order valence-electron chi connectivity index (χ3n) is 1.37. The molecule has 0 aliphatic rings. The van der Waals surface area contributed by atoms with Crippen LogP contribution in [0.15, 0.2) is 0 Å². The molecule has 0 unspecified atom stereocenters. The average Bonchev–Trinajstić information content (AvgIpc) is 2.11. The molecular formula is C7H13Cl2N3. The highest BCUT2D eigenvalue weighted by Gasteiger charge is 2.20. The first kappa shape index (κ1) is 12.0. The molecule has 0 aromatic carbocycles. The maximum atomic E-state index is 8.78. The van der Waals surface area contributed by atoms with Crippen LogP contribution in [0.4, 0.5) is 0 Å². The summed E-state index contributed by atoms with van der Waals surface area (Å²) in [6, 6.07) is 2.11. The van der Waals surface area contributed by atoms with Crippen LogP contribution < -0.4 is 10.6 Å². The van der Waals surface area contributed by atoms with Crippen molar-refractivity contribution >= 4 is 23.2 Å². The van der Waals surface area contributed by atoms with Crippen molar-refractivity contribution < 1.29 is 0 Å². The molecule has 0 aliphatic carbocycles. The third-order valence-corrected chi connectivity index (χ3v) is 1.75. The van der Waals surface area contributed by atoms with Gasteiger partial charge < -0.3 is 0 Å². The van der Waals surface area contributed by atoms with Gasteiger partial charge in [0.05, 0.1) is 0 Å². The van der Waals surface area contributed by atoms with Gasteiger partial charge >= 0.3 is 0 Å². The van der Waals surface area contributed by atoms with Gasteiger partial charge in [0.1, 0.15) is 6.07 Å². The summed E-state index contributed by atoms with van der Waals surface area (Å²) in [6.45, 7) is 2.95. The second-order valence-electron chi connectivity index (χ2n) is 2.47. The van der Waals surface area contributed by atoms with E-state index in [1.807, 2.05) is 0 Å². The Morgan fingerprint density at radius 1 is 1.25 bits per heavy atom. The van der Waals surface area contributed by atoms with Gasteiger partial charge in [-0.05, 0) is 6.92 Å². The van der Waals surface area contributed by atoms with Crippen LogP contribution in [0, 0.1) is 11.3 Å². The molecule has 0 radical (unpaired) electrons. The van der Waals surface area contributed by atoms with Crippen LogP contribution in [-0.4, -0.2) is 30.5 Å². The van der Waals surface area contributed by atoms with Crippen LogP contribution in [0.1, 0.15) is 6.92 Å². The number of nitrogens with zero attached hydrogens (tertiary/aromatic N) is 1. The number of halogens is 2. The molecule has 0 bridgehead atoms. The zero-order chi connectivity index (χ0) is 9.45. The van der Waals surface area contributed by atoms with Crippen molar-refractivity contribution in [2.75, 3.05) is 24.8 Å². The standard InChI is InChI=1S/C7H13Cl2N3/c1-7(6-10,11-4-2-8)12-5-3-9/h11-12H,2-5H2,1H3. The first-order valence-electron chi connectivity index (χ1n) is 3.72. The van der Waals surface area contributed by atoms with Crippen molar-refractivity contribution in [2.24, 2.45) is 0 Å². The van der Waals surface area contributed by atoms with Gasteiger partial charge in [0.2, 0.25) is 0 Å². The highest BCUT2D eigenvalue weighted by molar-refractivity contribution is 6.18. The van der Waals surface area contributed by atoms with E-state index in [0.29, 0.717) is 24.8 Å². The third kappa shape index (κ3) is 4.78. The molecule has 0 spiro atoms. The molecule has 0 aromatic rings. The number of rotatable bonds is 6. The zero-order valence-electron chi connectivity index (χ0n) is 7.03. The topological polar surface area (TPSA) is 47.9 Å². The van der Waals surface area contributed by atoms with Gasteiger partial charge in [-0.2, -0.15) is 5.26 Å². The molecule has 0 atom stereocenters. The number of nitrogens with one attached hydrogen (secondary N) is 2. The summed E-state index contributed by atoms with van der Waals surface area (Å²) in [6.07, 6.45) is 0. The molecule has 0 amide bonds. The first-order valence-corrected chi connectivity index (χ1v) is 4.78. The highest BCUT2D eigenvalue weighted by Crippen LogP contribution is 1.95. The minimum atomic E-state index is -0.718. The maximum Gasteiger partial charge on any atom is 0.156 e. The van der Waals surface area contributed by atoms with Crippen LogP contribution >= 0.6 is 23.2 Å². The van der Waals surface area contributed by atoms with E-state index in [2.05, 4.69) is 16.7 Å². The SMILES string of the molecule is CC(C#N)(NCCCl)NCCCl. The summed E-state index contributed by atoms with van der Waals surface area (Å²) in [5, 5.41) is 14.7. The van der Waals surface area contributed by atoms with Crippen molar-refractivity contribution in [1.29, 1.82) is 5.26 Å². The van der Waals surface area contributed by atoms with Gasteiger partial charge in [0.25, 0.3) is 0 Å².